The van der Waals surface area contributed by atoms with Crippen LogP contribution < -0.4 is 4.72 Å². The van der Waals surface area contributed by atoms with Crippen molar-refractivity contribution < 1.29 is 17.9 Å². The minimum Gasteiger partial charge on any atom is -0.461 e. The molecule has 0 aliphatic carbocycles. The number of esters is 1. The highest BCUT2D eigenvalue weighted by Gasteiger charge is 2.24. The summed E-state index contributed by atoms with van der Waals surface area (Å²) >= 11 is 1.43. The van der Waals surface area contributed by atoms with Crippen LogP contribution in [0.5, 0.6) is 0 Å². The number of unbranched alkanes of at least 4 members (excludes halogenated alkanes) is 1. The van der Waals surface area contributed by atoms with Crippen LogP contribution in [0.2, 0.25) is 0 Å². The van der Waals surface area contributed by atoms with Gasteiger partial charge in [-0.05, 0) is 67.0 Å². The largest absolute Gasteiger partial charge is 0.461 e. The summed E-state index contributed by atoms with van der Waals surface area (Å²) in [5.74, 6) is 0.470. The second-order valence-corrected chi connectivity index (χ2v) is 10.7. The predicted octanol–water partition coefficient (Wildman–Crippen LogP) is 4.91. The van der Waals surface area contributed by atoms with Crippen molar-refractivity contribution in [2.45, 2.75) is 56.5 Å². The monoisotopic (exact) mass is 526 g/mol. The predicted molar refractivity (Wildman–Crippen MR) is 140 cm³/mol. The van der Waals surface area contributed by atoms with E-state index in [9.17, 15) is 13.2 Å². The summed E-state index contributed by atoms with van der Waals surface area (Å²) in [7, 11) is -3.88. The Bertz CT molecular complexity index is 1390. The number of sulfonamides is 1. The van der Waals surface area contributed by atoms with Gasteiger partial charge in [-0.2, -0.15) is 5.26 Å². The van der Waals surface area contributed by atoms with Gasteiger partial charge in [0.05, 0.1) is 11.5 Å². The first kappa shape index (κ1) is 27.3. The van der Waals surface area contributed by atoms with Crippen molar-refractivity contribution in [1.29, 1.82) is 5.26 Å². The number of ether oxygens (including phenoxy) is 1. The minimum absolute atomic E-state index is 0.0316. The Morgan fingerprint density at radius 2 is 2.00 bits per heavy atom. The number of thioether (sulfide) groups is 1. The summed E-state index contributed by atoms with van der Waals surface area (Å²) in [5.41, 5.74) is 4.00. The Balaban J connectivity index is 2.01. The number of aromatic nitrogens is 2. The van der Waals surface area contributed by atoms with Crippen LogP contribution >= 0.6 is 11.8 Å². The second kappa shape index (κ2) is 12.1. The van der Waals surface area contributed by atoms with E-state index in [1.165, 1.54) is 24.0 Å². The molecule has 0 fully saturated rings. The van der Waals surface area contributed by atoms with E-state index in [0.717, 1.165) is 47.3 Å². The topological polar surface area (TPSA) is 114 Å². The molecule has 0 saturated heterocycles. The Kier molecular flexibility index (Phi) is 9.18. The minimum atomic E-state index is -3.88. The average Bonchev–Trinajstić information content (AvgIpc) is 3.20. The van der Waals surface area contributed by atoms with Crippen LogP contribution in [0.15, 0.2) is 52.4 Å². The van der Waals surface area contributed by atoms with Crippen molar-refractivity contribution >= 4 is 27.8 Å². The van der Waals surface area contributed by atoms with Gasteiger partial charge in [-0.15, -0.1) is 11.8 Å². The van der Waals surface area contributed by atoms with Gasteiger partial charge < -0.3 is 9.30 Å². The Hall–Kier alpha value is -3.29. The molecule has 0 aliphatic rings. The summed E-state index contributed by atoms with van der Waals surface area (Å²) < 4.78 is 33.5. The van der Waals surface area contributed by atoms with E-state index in [2.05, 4.69) is 6.92 Å². The highest BCUT2D eigenvalue weighted by Crippen LogP contribution is 2.29. The number of rotatable bonds is 11. The maximum Gasteiger partial charge on any atom is 0.357 e. The van der Waals surface area contributed by atoms with E-state index in [0.29, 0.717) is 17.3 Å². The molecular formula is C26H30N4O4S2. The number of carbonyl (C=O) groups excluding carboxylic acids is 1. The first-order chi connectivity index (χ1) is 17.2. The number of hydrogen-bond donors (Lipinski definition) is 1. The lowest BCUT2D eigenvalue weighted by Gasteiger charge is -2.14. The zero-order valence-corrected chi connectivity index (χ0v) is 22.5. The molecule has 0 saturated carbocycles. The van der Waals surface area contributed by atoms with Gasteiger partial charge in [-0.25, -0.2) is 22.9 Å². The molecule has 0 spiro atoms. The van der Waals surface area contributed by atoms with E-state index >= 15 is 0 Å². The third kappa shape index (κ3) is 6.09. The first-order valence-electron chi connectivity index (χ1n) is 11.7. The van der Waals surface area contributed by atoms with Crippen LogP contribution in [-0.2, 0) is 27.7 Å². The van der Waals surface area contributed by atoms with E-state index < -0.39 is 10.0 Å². The molecular weight excluding hydrogens is 496 g/mol. The van der Waals surface area contributed by atoms with E-state index in [1.54, 1.807) is 19.1 Å². The Morgan fingerprint density at radius 3 is 2.64 bits per heavy atom. The lowest BCUT2D eigenvalue weighted by atomic mass is 9.99. The molecule has 1 N–H and O–H groups in total. The van der Waals surface area contributed by atoms with E-state index in [1.807, 2.05) is 46.7 Å². The van der Waals surface area contributed by atoms with Crippen molar-refractivity contribution in [3.8, 4) is 17.3 Å². The Labute approximate surface area is 216 Å². The average molecular weight is 527 g/mol. The summed E-state index contributed by atoms with van der Waals surface area (Å²) in [6, 6.07) is 12.7. The number of carbonyl (C=O) groups is 1. The zero-order valence-electron chi connectivity index (χ0n) is 20.9. The number of imidazole rings is 1. The fourth-order valence-corrected chi connectivity index (χ4v) is 5.38. The second-order valence-electron chi connectivity index (χ2n) is 8.19. The van der Waals surface area contributed by atoms with Gasteiger partial charge in [0.1, 0.15) is 10.9 Å². The summed E-state index contributed by atoms with van der Waals surface area (Å²) in [6.45, 7) is 6.47. The zero-order chi connectivity index (χ0) is 26.3. The van der Waals surface area contributed by atoms with Crippen LogP contribution in [0, 0.1) is 18.4 Å². The highest BCUT2D eigenvalue weighted by atomic mass is 32.2. The fraction of sp³-hybridized carbons (Fsp3) is 0.346. The highest BCUT2D eigenvalue weighted by molar-refractivity contribution is 7.98. The molecule has 36 heavy (non-hydrogen) atoms. The van der Waals surface area contributed by atoms with E-state index in [-0.39, 0.29) is 17.5 Å². The molecule has 2 aromatic carbocycles. The lowest BCUT2D eigenvalue weighted by Crippen LogP contribution is -2.18. The van der Waals surface area contributed by atoms with E-state index in [4.69, 9.17) is 15.0 Å². The van der Waals surface area contributed by atoms with Gasteiger partial charge in [0.15, 0.2) is 11.9 Å². The molecule has 3 rings (SSSR count). The molecule has 1 heterocycles. The molecule has 1 aromatic heterocycles. The number of nitrogens with zero attached hydrogens (tertiary/aromatic N) is 3. The molecule has 10 heteroatoms. The molecule has 0 bridgehead atoms. The molecule has 0 amide bonds. The molecule has 0 radical (unpaired) electrons. The van der Waals surface area contributed by atoms with Gasteiger partial charge in [-0.1, -0.05) is 37.6 Å². The van der Waals surface area contributed by atoms with Crippen LogP contribution in [0.1, 0.15) is 54.1 Å². The van der Waals surface area contributed by atoms with Crippen molar-refractivity contribution in [3.05, 3.63) is 65.1 Å². The van der Waals surface area contributed by atoms with Gasteiger partial charge in [0.2, 0.25) is 0 Å². The first-order valence-corrected chi connectivity index (χ1v) is 14.4. The maximum absolute atomic E-state index is 12.8. The summed E-state index contributed by atoms with van der Waals surface area (Å²) in [4.78, 5) is 17.6. The fourth-order valence-electron chi connectivity index (χ4n) is 3.98. The SMILES string of the molecule is CCCCc1nc(SC)c(C(=O)OCC)n1Cc1cccc(-c2ccc(S(=O)(=O)NC#N)cc2C)c1. The summed E-state index contributed by atoms with van der Waals surface area (Å²) in [6.07, 6.45) is 6.10. The van der Waals surface area contributed by atoms with Crippen LogP contribution in [0.25, 0.3) is 11.1 Å². The third-order valence-electron chi connectivity index (χ3n) is 5.70. The molecule has 0 aliphatic heterocycles. The van der Waals surface area contributed by atoms with Gasteiger partial charge in [-0.3, -0.25) is 0 Å². The lowest BCUT2D eigenvalue weighted by molar-refractivity contribution is 0.0509. The Morgan fingerprint density at radius 1 is 1.22 bits per heavy atom. The summed E-state index contributed by atoms with van der Waals surface area (Å²) in [5, 5.41) is 9.37. The number of nitriles is 1. The normalized spacial score (nSPS) is 11.2. The number of nitrogens with one attached hydrogen (secondary N) is 1. The van der Waals surface area contributed by atoms with Gasteiger partial charge >= 0.3 is 5.97 Å². The van der Waals surface area contributed by atoms with Gasteiger partial charge in [0, 0.05) is 13.0 Å². The molecule has 0 atom stereocenters. The number of benzene rings is 2. The third-order valence-corrected chi connectivity index (χ3v) is 7.60. The van der Waals surface area contributed by atoms with Crippen molar-refractivity contribution in [2.24, 2.45) is 0 Å². The van der Waals surface area contributed by atoms with Crippen molar-refractivity contribution in [1.82, 2.24) is 14.3 Å². The standard InChI is InChI=1S/C26H30N4O4S2/c1-5-7-11-23-29-25(35-4)24(26(31)34-6-2)30(23)16-19-9-8-10-20(15-19)22-13-12-21(14-18(22)3)36(32,33)28-17-27/h8-10,12-15,28H,5-7,11,16H2,1-4H3. The van der Waals surface area contributed by atoms with Crippen molar-refractivity contribution in [2.75, 3.05) is 12.9 Å². The molecule has 190 valence electrons. The number of aryl methyl sites for hydroxylation is 2. The van der Waals surface area contributed by atoms with Crippen molar-refractivity contribution in [3.63, 3.8) is 0 Å². The molecule has 0 unspecified atom stereocenters. The maximum atomic E-state index is 12.8. The van der Waals surface area contributed by atoms with Gasteiger partial charge in [0.25, 0.3) is 10.0 Å². The van der Waals surface area contributed by atoms with Crippen LogP contribution in [0.4, 0.5) is 0 Å². The molecule has 3 aromatic rings. The van der Waals surface area contributed by atoms with Crippen LogP contribution in [0.3, 0.4) is 0 Å². The van der Waals surface area contributed by atoms with Crippen LogP contribution in [-0.4, -0.2) is 36.8 Å². The number of hydrogen-bond acceptors (Lipinski definition) is 7. The smallest absolute Gasteiger partial charge is 0.357 e. The quantitative estimate of drug-likeness (QED) is 0.163. The molecule has 8 nitrogen and oxygen atoms in total.